The average molecular weight is 266 g/mol. The lowest BCUT2D eigenvalue weighted by atomic mass is 10.0. The summed E-state index contributed by atoms with van der Waals surface area (Å²) in [6.45, 7) is 3.47. The van der Waals surface area contributed by atoms with E-state index < -0.39 is 0 Å². The summed E-state index contributed by atoms with van der Waals surface area (Å²) in [7, 11) is 1.65. The van der Waals surface area contributed by atoms with Crippen molar-refractivity contribution in [1.82, 2.24) is 9.80 Å². The van der Waals surface area contributed by atoms with Crippen LogP contribution in [0.4, 0.5) is 0 Å². The summed E-state index contributed by atoms with van der Waals surface area (Å²) in [4.78, 5) is 28.1. The molecule has 3 fully saturated rings. The van der Waals surface area contributed by atoms with Gasteiger partial charge in [-0.25, -0.2) is 0 Å². The van der Waals surface area contributed by atoms with Crippen LogP contribution in [0.15, 0.2) is 0 Å². The maximum atomic E-state index is 12.2. The van der Waals surface area contributed by atoms with Gasteiger partial charge in [-0.1, -0.05) is 0 Å². The summed E-state index contributed by atoms with van der Waals surface area (Å²) < 4.78 is 5.03. The summed E-state index contributed by atoms with van der Waals surface area (Å²) in [5.41, 5.74) is 0. The predicted molar refractivity (Wildman–Crippen MR) is 69.4 cm³/mol. The second-order valence-electron chi connectivity index (χ2n) is 6.09. The Morgan fingerprint density at radius 3 is 2.74 bits per heavy atom. The molecule has 3 rings (SSSR count). The first kappa shape index (κ1) is 12.9. The molecule has 0 bridgehead atoms. The van der Waals surface area contributed by atoms with Crippen LogP contribution in [0.1, 0.15) is 19.3 Å². The molecule has 3 aliphatic rings. The summed E-state index contributed by atoms with van der Waals surface area (Å²) in [5, 5.41) is 0. The van der Waals surface area contributed by atoms with E-state index in [1.807, 2.05) is 9.80 Å². The zero-order valence-electron chi connectivity index (χ0n) is 11.5. The number of amides is 2. The molecule has 5 nitrogen and oxygen atoms in total. The minimum absolute atomic E-state index is 0.0417. The summed E-state index contributed by atoms with van der Waals surface area (Å²) in [6, 6.07) is 0. The maximum Gasteiger partial charge on any atom is 0.227 e. The van der Waals surface area contributed by atoms with Gasteiger partial charge in [0, 0.05) is 45.6 Å². The van der Waals surface area contributed by atoms with Crippen LogP contribution in [0.3, 0.4) is 0 Å². The van der Waals surface area contributed by atoms with E-state index in [-0.39, 0.29) is 17.7 Å². The van der Waals surface area contributed by atoms with Crippen molar-refractivity contribution in [2.24, 2.45) is 17.8 Å². The lowest BCUT2D eigenvalue weighted by molar-refractivity contribution is -0.133. The van der Waals surface area contributed by atoms with Crippen molar-refractivity contribution < 1.29 is 14.3 Å². The lowest BCUT2D eigenvalue weighted by Crippen LogP contribution is -2.37. The molecular formula is C14H22N2O3. The Labute approximate surface area is 113 Å². The van der Waals surface area contributed by atoms with Gasteiger partial charge in [-0.2, -0.15) is 0 Å². The van der Waals surface area contributed by atoms with Crippen LogP contribution in [0.2, 0.25) is 0 Å². The number of rotatable bonds is 5. The van der Waals surface area contributed by atoms with E-state index in [1.54, 1.807) is 7.11 Å². The number of nitrogens with zero attached hydrogens (tertiary/aromatic N) is 2. The van der Waals surface area contributed by atoms with E-state index in [1.165, 1.54) is 12.8 Å². The standard InChI is InChI=1S/C14H22N2O3/c1-19-5-4-15-7-11-8-16(9-12(11)14(15)18)13(17)6-10-2-3-10/h10-12H,2-9H2,1H3/t11-,12+/m1/s1. The number of carbonyl (C=O) groups excluding carboxylic acids is 2. The molecule has 0 spiro atoms. The topological polar surface area (TPSA) is 49.9 Å². The van der Waals surface area contributed by atoms with Gasteiger partial charge in [-0.15, -0.1) is 0 Å². The fraction of sp³-hybridized carbons (Fsp3) is 0.857. The molecule has 0 aromatic rings. The van der Waals surface area contributed by atoms with Crippen molar-refractivity contribution in [2.75, 3.05) is 39.9 Å². The van der Waals surface area contributed by atoms with Crippen molar-refractivity contribution >= 4 is 11.8 Å². The normalized spacial score (nSPS) is 30.1. The third kappa shape index (κ3) is 2.61. The smallest absolute Gasteiger partial charge is 0.227 e. The van der Waals surface area contributed by atoms with Gasteiger partial charge in [0.1, 0.15) is 0 Å². The number of fused-ring (bicyclic) bond motifs is 1. The molecule has 106 valence electrons. The number of hydrogen-bond donors (Lipinski definition) is 0. The Balaban J connectivity index is 1.53. The first-order chi connectivity index (χ1) is 9.19. The number of methoxy groups -OCH3 is 1. The van der Waals surface area contributed by atoms with E-state index in [4.69, 9.17) is 4.74 Å². The molecule has 2 heterocycles. The molecule has 1 saturated carbocycles. The average Bonchev–Trinajstić information content (AvgIpc) is 3.02. The van der Waals surface area contributed by atoms with Crippen LogP contribution >= 0.6 is 0 Å². The third-order valence-electron chi connectivity index (χ3n) is 4.60. The fourth-order valence-electron chi connectivity index (χ4n) is 3.25. The molecule has 1 aliphatic carbocycles. The van der Waals surface area contributed by atoms with Crippen molar-refractivity contribution in [3.05, 3.63) is 0 Å². The monoisotopic (exact) mass is 266 g/mol. The molecule has 0 aromatic carbocycles. The highest BCUT2D eigenvalue weighted by Gasteiger charge is 2.47. The molecule has 2 atom stereocenters. The van der Waals surface area contributed by atoms with E-state index in [0.29, 0.717) is 38.0 Å². The molecule has 2 amide bonds. The summed E-state index contributed by atoms with van der Waals surface area (Å²) in [5.74, 6) is 1.48. The third-order valence-corrected chi connectivity index (χ3v) is 4.60. The molecule has 2 saturated heterocycles. The number of hydrogen-bond acceptors (Lipinski definition) is 3. The van der Waals surface area contributed by atoms with Crippen LogP contribution in [-0.4, -0.2) is 61.5 Å². The molecule has 19 heavy (non-hydrogen) atoms. The van der Waals surface area contributed by atoms with E-state index in [0.717, 1.165) is 13.1 Å². The van der Waals surface area contributed by atoms with Gasteiger partial charge in [-0.3, -0.25) is 9.59 Å². The Morgan fingerprint density at radius 1 is 1.32 bits per heavy atom. The molecule has 2 aliphatic heterocycles. The second-order valence-corrected chi connectivity index (χ2v) is 6.09. The van der Waals surface area contributed by atoms with Crippen LogP contribution in [0, 0.1) is 17.8 Å². The largest absolute Gasteiger partial charge is 0.383 e. The second kappa shape index (κ2) is 5.12. The van der Waals surface area contributed by atoms with E-state index >= 15 is 0 Å². The molecule has 5 heteroatoms. The van der Waals surface area contributed by atoms with Crippen LogP contribution in [0.5, 0.6) is 0 Å². The molecule has 0 aromatic heterocycles. The van der Waals surface area contributed by atoms with Gasteiger partial charge < -0.3 is 14.5 Å². The van der Waals surface area contributed by atoms with Crippen LogP contribution < -0.4 is 0 Å². The number of likely N-dealkylation sites (tertiary alicyclic amines) is 2. The molecule has 0 N–H and O–H groups in total. The fourth-order valence-corrected chi connectivity index (χ4v) is 3.25. The van der Waals surface area contributed by atoms with Crippen molar-refractivity contribution in [3.63, 3.8) is 0 Å². The van der Waals surface area contributed by atoms with Gasteiger partial charge in [-0.05, 0) is 18.8 Å². The van der Waals surface area contributed by atoms with Gasteiger partial charge >= 0.3 is 0 Å². The Morgan fingerprint density at radius 2 is 2.11 bits per heavy atom. The Kier molecular flexibility index (Phi) is 3.48. The van der Waals surface area contributed by atoms with Crippen molar-refractivity contribution in [2.45, 2.75) is 19.3 Å². The Hall–Kier alpha value is -1.10. The van der Waals surface area contributed by atoms with E-state index in [2.05, 4.69) is 0 Å². The summed E-state index contributed by atoms with van der Waals surface area (Å²) in [6.07, 6.45) is 3.10. The molecule has 0 unspecified atom stereocenters. The molecule has 0 radical (unpaired) electrons. The quantitative estimate of drug-likeness (QED) is 0.721. The zero-order valence-corrected chi connectivity index (χ0v) is 11.5. The summed E-state index contributed by atoms with van der Waals surface area (Å²) >= 11 is 0. The lowest BCUT2D eigenvalue weighted by Gasteiger charge is -2.21. The van der Waals surface area contributed by atoms with Crippen molar-refractivity contribution in [1.29, 1.82) is 0 Å². The molecular weight excluding hydrogens is 244 g/mol. The SMILES string of the molecule is COCCN1C[C@@H]2CN(C(=O)CC3CC3)C[C@@H]2C1=O. The minimum atomic E-state index is 0.0417. The van der Waals surface area contributed by atoms with E-state index in [9.17, 15) is 9.59 Å². The zero-order chi connectivity index (χ0) is 13.4. The van der Waals surface area contributed by atoms with Gasteiger partial charge in [0.25, 0.3) is 0 Å². The predicted octanol–water partition coefficient (Wildman–Crippen LogP) is 0.350. The first-order valence-corrected chi connectivity index (χ1v) is 7.24. The van der Waals surface area contributed by atoms with Crippen LogP contribution in [-0.2, 0) is 14.3 Å². The Bertz CT molecular complexity index is 381. The highest BCUT2D eigenvalue weighted by Crippen LogP contribution is 2.36. The van der Waals surface area contributed by atoms with Gasteiger partial charge in [0.05, 0.1) is 12.5 Å². The number of carbonyl (C=O) groups is 2. The highest BCUT2D eigenvalue weighted by molar-refractivity contribution is 5.84. The van der Waals surface area contributed by atoms with Gasteiger partial charge in [0.15, 0.2) is 0 Å². The number of ether oxygens (including phenoxy) is 1. The van der Waals surface area contributed by atoms with Crippen LogP contribution in [0.25, 0.3) is 0 Å². The minimum Gasteiger partial charge on any atom is -0.383 e. The van der Waals surface area contributed by atoms with Crippen molar-refractivity contribution in [3.8, 4) is 0 Å². The highest BCUT2D eigenvalue weighted by atomic mass is 16.5. The first-order valence-electron chi connectivity index (χ1n) is 7.24. The van der Waals surface area contributed by atoms with Gasteiger partial charge in [0.2, 0.25) is 11.8 Å². The maximum absolute atomic E-state index is 12.2.